The number of carbonyl (C=O) groups is 1. The zero-order valence-electron chi connectivity index (χ0n) is 15.4. The summed E-state index contributed by atoms with van der Waals surface area (Å²) in [6, 6.07) is 6.26. The van der Waals surface area contributed by atoms with Gasteiger partial charge in [-0.1, -0.05) is 13.0 Å². The normalized spacial score (nSPS) is 12.8. The third-order valence-electron chi connectivity index (χ3n) is 3.59. The van der Waals surface area contributed by atoms with Crippen molar-refractivity contribution in [2.75, 3.05) is 18.6 Å². The number of rotatable bonds is 11. The van der Waals surface area contributed by atoms with Crippen LogP contribution in [0.15, 0.2) is 23.1 Å². The highest BCUT2D eigenvalue weighted by molar-refractivity contribution is 7.99. The Morgan fingerprint density at radius 3 is 2.56 bits per heavy atom. The lowest BCUT2D eigenvalue weighted by molar-refractivity contribution is -0.143. The molecule has 0 saturated carbocycles. The van der Waals surface area contributed by atoms with Crippen molar-refractivity contribution in [3.8, 4) is 0 Å². The molecule has 1 aromatic carbocycles. The van der Waals surface area contributed by atoms with E-state index in [1.807, 2.05) is 13.0 Å². The molecule has 0 amide bonds. The highest BCUT2D eigenvalue weighted by Crippen LogP contribution is 2.24. The fourth-order valence-electron chi connectivity index (χ4n) is 2.42. The molecule has 1 aromatic rings. The molecule has 142 valence electrons. The Morgan fingerprint density at radius 2 is 1.96 bits per heavy atom. The van der Waals surface area contributed by atoms with Gasteiger partial charge in [-0.15, -0.1) is 11.8 Å². The molecular formula is C18H28O5S2. The van der Waals surface area contributed by atoms with E-state index < -0.39 is 10.1 Å². The average Bonchev–Trinajstić information content (AvgIpc) is 2.52. The van der Waals surface area contributed by atoms with Gasteiger partial charge in [-0.05, 0) is 56.4 Å². The smallest absolute Gasteiger partial charge is 0.306 e. The molecule has 1 rings (SSSR count). The van der Waals surface area contributed by atoms with Crippen LogP contribution in [0.1, 0.15) is 44.7 Å². The maximum absolute atomic E-state index is 11.5. The Hall–Kier alpha value is -1.05. The monoisotopic (exact) mass is 388 g/mol. The van der Waals surface area contributed by atoms with E-state index in [1.165, 1.54) is 11.1 Å². The third-order valence-corrected chi connectivity index (χ3v) is 5.30. The molecule has 1 unspecified atom stereocenters. The third kappa shape index (κ3) is 9.28. The zero-order valence-corrected chi connectivity index (χ0v) is 17.0. The predicted molar refractivity (Wildman–Crippen MR) is 102 cm³/mol. The highest BCUT2D eigenvalue weighted by atomic mass is 32.2. The maximum Gasteiger partial charge on any atom is 0.306 e. The molecule has 0 heterocycles. The van der Waals surface area contributed by atoms with Crippen molar-refractivity contribution in [2.45, 2.75) is 57.5 Å². The fraction of sp³-hybridized carbons (Fsp3) is 0.611. The topological polar surface area (TPSA) is 69.7 Å². The van der Waals surface area contributed by atoms with Crippen molar-refractivity contribution in [3.05, 3.63) is 29.3 Å². The van der Waals surface area contributed by atoms with Gasteiger partial charge in [-0.3, -0.25) is 8.98 Å². The largest absolute Gasteiger partial charge is 0.466 e. The van der Waals surface area contributed by atoms with Crippen LogP contribution >= 0.6 is 11.8 Å². The molecule has 0 aliphatic carbocycles. The first-order valence-electron chi connectivity index (χ1n) is 8.53. The van der Waals surface area contributed by atoms with E-state index in [4.69, 9.17) is 8.92 Å². The first-order chi connectivity index (χ1) is 11.7. The summed E-state index contributed by atoms with van der Waals surface area (Å²) in [7, 11) is -3.40. The Labute approximate surface area is 155 Å². The summed E-state index contributed by atoms with van der Waals surface area (Å²) in [4.78, 5) is 12.6. The van der Waals surface area contributed by atoms with E-state index in [0.717, 1.165) is 23.3 Å². The van der Waals surface area contributed by atoms with Gasteiger partial charge >= 0.3 is 5.97 Å². The summed E-state index contributed by atoms with van der Waals surface area (Å²) in [6.45, 7) is 6.08. The van der Waals surface area contributed by atoms with Crippen LogP contribution in [0.4, 0.5) is 0 Å². The number of thioether (sulfide) groups is 1. The predicted octanol–water partition coefficient (Wildman–Crippen LogP) is 3.59. The van der Waals surface area contributed by atoms with E-state index in [2.05, 4.69) is 19.1 Å². The van der Waals surface area contributed by atoms with E-state index in [-0.39, 0.29) is 12.1 Å². The average molecular weight is 389 g/mol. The molecule has 0 saturated heterocycles. The van der Waals surface area contributed by atoms with Crippen LogP contribution in [-0.2, 0) is 36.7 Å². The number of ether oxygens (including phenoxy) is 1. The second kappa shape index (κ2) is 10.8. The minimum Gasteiger partial charge on any atom is -0.466 e. The first kappa shape index (κ1) is 22.0. The van der Waals surface area contributed by atoms with Gasteiger partial charge in [0.05, 0.1) is 19.0 Å². The number of aryl methyl sites for hydroxylation is 2. The van der Waals surface area contributed by atoms with Crippen LogP contribution in [0, 0.1) is 0 Å². The molecule has 25 heavy (non-hydrogen) atoms. The van der Waals surface area contributed by atoms with E-state index >= 15 is 0 Å². The van der Waals surface area contributed by atoms with Crippen LogP contribution in [0.5, 0.6) is 0 Å². The molecule has 1 atom stereocenters. The number of esters is 1. The van der Waals surface area contributed by atoms with E-state index in [9.17, 15) is 13.2 Å². The van der Waals surface area contributed by atoms with Gasteiger partial charge in [0.15, 0.2) is 0 Å². The summed E-state index contributed by atoms with van der Waals surface area (Å²) in [5.74, 6) is 0.616. The van der Waals surface area contributed by atoms with Crippen molar-refractivity contribution in [3.63, 3.8) is 0 Å². The van der Waals surface area contributed by atoms with Gasteiger partial charge in [0, 0.05) is 17.1 Å². The lowest BCUT2D eigenvalue weighted by Gasteiger charge is -2.12. The van der Waals surface area contributed by atoms with Crippen molar-refractivity contribution in [2.24, 2.45) is 0 Å². The summed E-state index contributed by atoms with van der Waals surface area (Å²) in [5.41, 5.74) is 2.41. The molecule has 0 fully saturated rings. The molecule has 0 bridgehead atoms. The summed E-state index contributed by atoms with van der Waals surface area (Å²) >= 11 is 1.68. The lowest BCUT2D eigenvalue weighted by Crippen LogP contribution is -2.14. The summed E-state index contributed by atoms with van der Waals surface area (Å²) in [6.07, 6.45) is 3.39. The first-order valence-corrected chi connectivity index (χ1v) is 11.3. The van der Waals surface area contributed by atoms with Crippen LogP contribution in [0.2, 0.25) is 0 Å². The maximum atomic E-state index is 11.5. The number of benzene rings is 1. The van der Waals surface area contributed by atoms with Gasteiger partial charge in [0.25, 0.3) is 10.1 Å². The molecular weight excluding hydrogens is 360 g/mol. The quantitative estimate of drug-likeness (QED) is 0.328. The molecule has 5 nitrogen and oxygen atoms in total. The second-order valence-corrected chi connectivity index (χ2v) is 8.61. The van der Waals surface area contributed by atoms with Crippen LogP contribution < -0.4 is 0 Å². The van der Waals surface area contributed by atoms with Gasteiger partial charge < -0.3 is 4.74 Å². The van der Waals surface area contributed by atoms with Crippen LogP contribution in [0.25, 0.3) is 0 Å². The van der Waals surface area contributed by atoms with Gasteiger partial charge in [-0.25, -0.2) is 0 Å². The van der Waals surface area contributed by atoms with Crippen molar-refractivity contribution >= 4 is 27.8 Å². The minimum absolute atomic E-state index is 0.164. The lowest BCUT2D eigenvalue weighted by atomic mass is 10.0. The van der Waals surface area contributed by atoms with Gasteiger partial charge in [-0.2, -0.15) is 8.42 Å². The highest BCUT2D eigenvalue weighted by Gasteiger charge is 2.11. The second-order valence-electron chi connectivity index (χ2n) is 5.84. The Morgan fingerprint density at radius 1 is 1.24 bits per heavy atom. The number of carbonyl (C=O) groups excluding carboxylic acids is 1. The molecule has 0 aliphatic heterocycles. The minimum atomic E-state index is -3.40. The van der Waals surface area contributed by atoms with Crippen molar-refractivity contribution < 1.29 is 22.1 Å². The van der Waals surface area contributed by atoms with E-state index in [0.29, 0.717) is 25.9 Å². The van der Waals surface area contributed by atoms with Gasteiger partial charge in [0.2, 0.25) is 0 Å². The van der Waals surface area contributed by atoms with Crippen LogP contribution in [-0.4, -0.2) is 39.1 Å². The van der Waals surface area contributed by atoms with Gasteiger partial charge in [0.1, 0.15) is 0 Å². The Balaban J connectivity index is 2.55. The summed E-state index contributed by atoms with van der Waals surface area (Å²) < 4.78 is 32.1. The van der Waals surface area contributed by atoms with Crippen molar-refractivity contribution in [1.29, 1.82) is 0 Å². The van der Waals surface area contributed by atoms with Crippen LogP contribution in [0.3, 0.4) is 0 Å². The standard InChI is InChI=1S/C18H28O5S2/c1-5-15-13-17(24-12-11-14(3)23-25(4,20)21)9-7-16(15)8-10-18(19)22-6-2/h7,9,13-14H,5-6,8,10-12H2,1-4H3. The van der Waals surface area contributed by atoms with E-state index in [1.54, 1.807) is 18.7 Å². The molecule has 0 radical (unpaired) electrons. The Bertz CT molecular complexity index is 655. The molecule has 7 heteroatoms. The molecule has 0 spiro atoms. The van der Waals surface area contributed by atoms with Crippen molar-refractivity contribution in [1.82, 2.24) is 0 Å². The molecule has 0 aromatic heterocycles. The number of hydrogen-bond acceptors (Lipinski definition) is 6. The molecule has 0 aliphatic rings. The zero-order chi connectivity index (χ0) is 18.9. The SMILES string of the molecule is CCOC(=O)CCc1ccc(SCCC(C)OS(C)(=O)=O)cc1CC. The summed E-state index contributed by atoms with van der Waals surface area (Å²) in [5, 5.41) is 0. The Kier molecular flexibility index (Phi) is 9.53. The fourth-order valence-corrected chi connectivity index (χ4v) is 4.19. The molecule has 0 N–H and O–H groups in total. The number of hydrogen-bond donors (Lipinski definition) is 0.